The van der Waals surface area contributed by atoms with Gasteiger partial charge < -0.3 is 14.4 Å². The highest BCUT2D eigenvalue weighted by molar-refractivity contribution is 5.93. The van der Waals surface area contributed by atoms with Crippen molar-refractivity contribution in [2.75, 3.05) is 6.54 Å². The molecule has 0 aliphatic heterocycles. The Morgan fingerprint density at radius 3 is 2.90 bits per heavy atom. The number of aryl methyl sites for hydroxylation is 2. The van der Waals surface area contributed by atoms with Gasteiger partial charge in [-0.25, -0.2) is 0 Å². The first-order valence-electron chi connectivity index (χ1n) is 6.36. The van der Waals surface area contributed by atoms with E-state index >= 15 is 0 Å². The minimum atomic E-state index is -0.240. The highest BCUT2D eigenvalue weighted by atomic mass is 16.5. The Balaban J connectivity index is 1.88. The lowest BCUT2D eigenvalue weighted by Gasteiger charge is -2.04. The van der Waals surface area contributed by atoms with Crippen LogP contribution in [0, 0.1) is 0 Å². The molecule has 7 heteroatoms. The van der Waals surface area contributed by atoms with Crippen LogP contribution >= 0.6 is 0 Å². The summed E-state index contributed by atoms with van der Waals surface area (Å²) in [4.78, 5) is 27.2. The smallest absolute Gasteiger partial charge is 0.252 e. The normalized spacial score (nSPS) is 10.5. The van der Waals surface area contributed by atoms with Crippen molar-refractivity contribution >= 4 is 5.91 Å². The van der Waals surface area contributed by atoms with Crippen LogP contribution in [0.1, 0.15) is 29.0 Å². The number of hydrogen-bond acceptors (Lipinski definition) is 5. The Labute approximate surface area is 115 Å². The third-order valence-corrected chi connectivity index (χ3v) is 2.80. The van der Waals surface area contributed by atoms with Crippen molar-refractivity contribution in [3.05, 3.63) is 46.0 Å². The highest BCUT2D eigenvalue weighted by Gasteiger charge is 2.08. The third-order valence-electron chi connectivity index (χ3n) is 2.80. The number of carbonyl (C=O) groups is 1. The molecule has 0 bridgehead atoms. The van der Waals surface area contributed by atoms with Gasteiger partial charge in [-0.15, -0.1) is 0 Å². The molecular weight excluding hydrogens is 260 g/mol. The van der Waals surface area contributed by atoms with Gasteiger partial charge in [-0.05, 0) is 6.07 Å². The number of rotatable bonds is 5. The Kier molecular flexibility index (Phi) is 4.29. The number of nitrogens with zero attached hydrogens (tertiary/aromatic N) is 3. The molecule has 0 aromatic carbocycles. The maximum Gasteiger partial charge on any atom is 0.252 e. The molecule has 0 saturated carbocycles. The zero-order chi connectivity index (χ0) is 14.5. The molecule has 0 fully saturated rings. The zero-order valence-corrected chi connectivity index (χ0v) is 11.4. The first-order valence-corrected chi connectivity index (χ1v) is 6.36. The van der Waals surface area contributed by atoms with Crippen molar-refractivity contribution in [3.63, 3.8) is 0 Å². The van der Waals surface area contributed by atoms with Crippen LogP contribution in [-0.2, 0) is 19.9 Å². The summed E-state index contributed by atoms with van der Waals surface area (Å²) in [6, 6.07) is 2.86. The fourth-order valence-corrected chi connectivity index (χ4v) is 1.65. The van der Waals surface area contributed by atoms with Crippen molar-refractivity contribution in [2.24, 2.45) is 7.05 Å². The lowest BCUT2D eigenvalue weighted by Crippen LogP contribution is -2.27. The number of carbonyl (C=O) groups excluding carboxylic acids is 1. The minimum absolute atomic E-state index is 0.153. The molecule has 0 atom stereocenters. The molecule has 2 heterocycles. The van der Waals surface area contributed by atoms with Gasteiger partial charge in [-0.3, -0.25) is 9.59 Å². The maximum absolute atomic E-state index is 11.9. The molecule has 0 aliphatic rings. The molecule has 0 aliphatic carbocycles. The molecule has 2 aromatic rings. The van der Waals surface area contributed by atoms with Gasteiger partial charge in [-0.1, -0.05) is 12.1 Å². The molecule has 0 spiro atoms. The number of aromatic nitrogens is 3. The first kappa shape index (κ1) is 14.0. The number of amides is 1. The standard InChI is InChI=1S/C13H16N4O3/c1-3-10-15-11(20-16-10)6-7-14-13(19)9-4-5-12(18)17(2)8-9/h4-5,8H,3,6-7H2,1-2H3,(H,14,19). The molecule has 7 nitrogen and oxygen atoms in total. The Morgan fingerprint density at radius 2 is 2.25 bits per heavy atom. The summed E-state index contributed by atoms with van der Waals surface area (Å²) in [7, 11) is 1.60. The molecular formula is C13H16N4O3. The lowest BCUT2D eigenvalue weighted by atomic mass is 10.2. The largest absolute Gasteiger partial charge is 0.351 e. The van der Waals surface area contributed by atoms with Gasteiger partial charge >= 0.3 is 0 Å². The summed E-state index contributed by atoms with van der Waals surface area (Å²) in [6.45, 7) is 2.34. The molecule has 1 amide bonds. The summed E-state index contributed by atoms with van der Waals surface area (Å²) in [5, 5.41) is 6.51. The Bertz CT molecular complexity index is 660. The second kappa shape index (κ2) is 6.14. The van der Waals surface area contributed by atoms with Gasteiger partial charge in [0.1, 0.15) is 0 Å². The van der Waals surface area contributed by atoms with Gasteiger partial charge in [0.15, 0.2) is 5.82 Å². The third kappa shape index (κ3) is 3.31. The average Bonchev–Trinajstić information content (AvgIpc) is 2.89. The van der Waals surface area contributed by atoms with E-state index in [1.807, 2.05) is 6.92 Å². The molecule has 0 radical (unpaired) electrons. The van der Waals surface area contributed by atoms with E-state index in [0.29, 0.717) is 36.7 Å². The van der Waals surface area contributed by atoms with E-state index in [2.05, 4.69) is 15.5 Å². The van der Waals surface area contributed by atoms with Gasteiger partial charge in [0.05, 0.1) is 5.56 Å². The molecule has 106 valence electrons. The second-order valence-electron chi connectivity index (χ2n) is 4.33. The number of hydrogen-bond donors (Lipinski definition) is 1. The van der Waals surface area contributed by atoms with Crippen molar-refractivity contribution in [1.29, 1.82) is 0 Å². The molecule has 0 unspecified atom stereocenters. The SMILES string of the molecule is CCc1noc(CCNC(=O)c2ccc(=O)n(C)c2)n1. The number of pyridine rings is 1. The van der Waals surface area contributed by atoms with E-state index in [0.717, 1.165) is 0 Å². The van der Waals surface area contributed by atoms with Crippen LogP contribution in [0.25, 0.3) is 0 Å². The summed E-state index contributed by atoms with van der Waals surface area (Å²) in [5.41, 5.74) is 0.284. The van der Waals surface area contributed by atoms with Gasteiger partial charge in [-0.2, -0.15) is 4.98 Å². The van der Waals surface area contributed by atoms with E-state index in [1.165, 1.54) is 22.9 Å². The quantitative estimate of drug-likeness (QED) is 0.848. The fourth-order valence-electron chi connectivity index (χ4n) is 1.65. The van der Waals surface area contributed by atoms with Crippen LogP contribution in [0.15, 0.2) is 27.6 Å². The Hall–Kier alpha value is -2.44. The van der Waals surface area contributed by atoms with Crippen molar-refractivity contribution < 1.29 is 9.32 Å². The predicted octanol–water partition coefficient (Wildman–Crippen LogP) is 0.303. The van der Waals surface area contributed by atoms with Crippen molar-refractivity contribution in [2.45, 2.75) is 19.8 Å². The average molecular weight is 276 g/mol. The summed E-state index contributed by atoms with van der Waals surface area (Å²) >= 11 is 0. The predicted molar refractivity (Wildman–Crippen MR) is 71.4 cm³/mol. The monoisotopic (exact) mass is 276 g/mol. The summed E-state index contributed by atoms with van der Waals surface area (Å²) in [5.74, 6) is 0.919. The van der Waals surface area contributed by atoms with E-state index in [4.69, 9.17) is 4.52 Å². The van der Waals surface area contributed by atoms with Crippen LogP contribution in [-0.4, -0.2) is 27.2 Å². The maximum atomic E-state index is 11.9. The van der Waals surface area contributed by atoms with E-state index < -0.39 is 0 Å². The van der Waals surface area contributed by atoms with E-state index in [9.17, 15) is 9.59 Å². The van der Waals surface area contributed by atoms with Crippen LogP contribution in [0.2, 0.25) is 0 Å². The highest BCUT2D eigenvalue weighted by Crippen LogP contribution is 1.99. The van der Waals surface area contributed by atoms with E-state index in [-0.39, 0.29) is 11.5 Å². The molecule has 2 rings (SSSR count). The molecule has 1 N–H and O–H groups in total. The second-order valence-corrected chi connectivity index (χ2v) is 4.33. The first-order chi connectivity index (χ1) is 9.60. The number of nitrogens with one attached hydrogen (secondary N) is 1. The Morgan fingerprint density at radius 1 is 1.45 bits per heavy atom. The van der Waals surface area contributed by atoms with Crippen LogP contribution in [0.4, 0.5) is 0 Å². The van der Waals surface area contributed by atoms with Gasteiger partial charge in [0, 0.05) is 38.7 Å². The lowest BCUT2D eigenvalue weighted by molar-refractivity contribution is 0.0952. The molecule has 0 saturated heterocycles. The summed E-state index contributed by atoms with van der Waals surface area (Å²) in [6.07, 6.45) is 2.69. The van der Waals surface area contributed by atoms with Gasteiger partial charge in [0.2, 0.25) is 11.4 Å². The fraction of sp³-hybridized carbons (Fsp3) is 0.385. The minimum Gasteiger partial charge on any atom is -0.351 e. The van der Waals surface area contributed by atoms with Crippen LogP contribution < -0.4 is 10.9 Å². The van der Waals surface area contributed by atoms with Crippen molar-refractivity contribution in [1.82, 2.24) is 20.0 Å². The zero-order valence-electron chi connectivity index (χ0n) is 11.4. The summed E-state index contributed by atoms with van der Waals surface area (Å²) < 4.78 is 6.38. The van der Waals surface area contributed by atoms with Crippen LogP contribution in [0.5, 0.6) is 0 Å². The molecule has 20 heavy (non-hydrogen) atoms. The molecule has 2 aromatic heterocycles. The topological polar surface area (TPSA) is 90.0 Å². The van der Waals surface area contributed by atoms with Crippen LogP contribution in [0.3, 0.4) is 0 Å². The van der Waals surface area contributed by atoms with Gasteiger partial charge in [0.25, 0.3) is 5.91 Å². The van der Waals surface area contributed by atoms with E-state index in [1.54, 1.807) is 7.05 Å². The van der Waals surface area contributed by atoms with Crippen molar-refractivity contribution in [3.8, 4) is 0 Å².